The second-order valence-electron chi connectivity index (χ2n) is 7.07. The molecule has 0 aliphatic rings. The van der Waals surface area contributed by atoms with Gasteiger partial charge in [-0.25, -0.2) is 9.48 Å². The molecule has 0 atom stereocenters. The number of hydrogen-bond acceptors (Lipinski definition) is 4. The van der Waals surface area contributed by atoms with Crippen molar-refractivity contribution in [2.75, 3.05) is 5.32 Å². The molecule has 0 aliphatic carbocycles. The Morgan fingerprint density at radius 1 is 1.13 bits per heavy atom. The molecule has 5 rings (SSSR count). The van der Waals surface area contributed by atoms with Crippen molar-refractivity contribution >= 4 is 67.4 Å². The average Bonchev–Trinajstić information content (AvgIpc) is 3.39. The van der Waals surface area contributed by atoms with Crippen molar-refractivity contribution in [3.8, 4) is 0 Å². The highest BCUT2D eigenvalue weighted by Gasteiger charge is 2.18. The molecule has 0 radical (unpaired) electrons. The minimum Gasteiger partial charge on any atom is -0.321 e. The van der Waals surface area contributed by atoms with Gasteiger partial charge in [0.05, 0.1) is 28.1 Å². The zero-order valence-corrected chi connectivity index (χ0v) is 18.5. The van der Waals surface area contributed by atoms with Crippen LogP contribution in [0.3, 0.4) is 0 Å². The highest BCUT2D eigenvalue weighted by molar-refractivity contribution is 7.20. The van der Waals surface area contributed by atoms with Crippen LogP contribution in [0.4, 0.5) is 5.69 Å². The van der Waals surface area contributed by atoms with E-state index in [1.165, 1.54) is 11.3 Å². The van der Waals surface area contributed by atoms with Gasteiger partial charge in [-0.3, -0.25) is 4.79 Å². The van der Waals surface area contributed by atoms with Crippen molar-refractivity contribution in [3.63, 3.8) is 0 Å². The number of rotatable bonds is 4. The number of benzene rings is 2. The van der Waals surface area contributed by atoms with Gasteiger partial charge in [0, 0.05) is 26.7 Å². The number of nitrogens with one attached hydrogen (secondary N) is 3. The molecule has 0 spiro atoms. The van der Waals surface area contributed by atoms with Gasteiger partial charge in [0.1, 0.15) is 4.83 Å². The second kappa shape index (κ2) is 7.56. The number of aryl methyl sites for hydroxylation is 1. The number of carbonyl (C=O) groups excluding carboxylic acids is 1. The minimum atomic E-state index is -0.290. The molecule has 3 heterocycles. The van der Waals surface area contributed by atoms with Gasteiger partial charge in [0.25, 0.3) is 5.91 Å². The standard InChI is InChI=1S/C21H15Cl2N5O2S/c1-10-12-8-18(19(29)24-11-5-6-16-17(7-11)26-21(30)25-16)31-20(12)28(27-10)9-13-14(22)3-2-4-15(13)23/h2-8H,9H2,1H3,(H,24,29)(H2,25,26,30). The molecule has 0 saturated carbocycles. The van der Waals surface area contributed by atoms with E-state index in [4.69, 9.17) is 23.2 Å². The maximum absolute atomic E-state index is 12.9. The topological polar surface area (TPSA) is 95.6 Å². The summed E-state index contributed by atoms with van der Waals surface area (Å²) >= 11 is 14.0. The molecule has 0 unspecified atom stereocenters. The van der Waals surface area contributed by atoms with E-state index in [1.54, 1.807) is 36.4 Å². The first-order chi connectivity index (χ1) is 14.9. The molecule has 3 N–H and O–H groups in total. The number of anilines is 1. The van der Waals surface area contributed by atoms with Crippen LogP contribution in [0.1, 0.15) is 20.9 Å². The first-order valence-electron chi connectivity index (χ1n) is 9.32. The summed E-state index contributed by atoms with van der Waals surface area (Å²) in [5, 5.41) is 9.52. The van der Waals surface area contributed by atoms with Gasteiger partial charge < -0.3 is 15.3 Å². The number of hydrogen-bond donors (Lipinski definition) is 3. The van der Waals surface area contributed by atoms with Crippen LogP contribution in [0.15, 0.2) is 47.3 Å². The van der Waals surface area contributed by atoms with Crippen LogP contribution in [-0.2, 0) is 6.54 Å². The van der Waals surface area contributed by atoms with E-state index < -0.39 is 0 Å². The molecule has 3 aromatic heterocycles. The molecular weight excluding hydrogens is 457 g/mol. The van der Waals surface area contributed by atoms with E-state index in [0.717, 1.165) is 21.5 Å². The van der Waals surface area contributed by atoms with E-state index in [2.05, 4.69) is 20.4 Å². The lowest BCUT2D eigenvalue weighted by atomic mass is 10.2. The number of H-pyrrole nitrogens is 2. The number of imidazole rings is 1. The smallest absolute Gasteiger partial charge is 0.321 e. The highest BCUT2D eigenvalue weighted by atomic mass is 35.5. The highest BCUT2D eigenvalue weighted by Crippen LogP contribution is 2.32. The Bertz CT molecular complexity index is 1510. The summed E-state index contributed by atoms with van der Waals surface area (Å²) in [5.41, 5.74) is 3.21. The maximum Gasteiger partial charge on any atom is 0.323 e. The summed E-state index contributed by atoms with van der Waals surface area (Å²) in [7, 11) is 0. The molecule has 0 bridgehead atoms. The van der Waals surface area contributed by atoms with Crippen LogP contribution in [-0.4, -0.2) is 25.7 Å². The van der Waals surface area contributed by atoms with E-state index >= 15 is 0 Å². The van der Waals surface area contributed by atoms with Gasteiger partial charge in [-0.1, -0.05) is 29.3 Å². The molecule has 2 aromatic carbocycles. The first-order valence-corrected chi connectivity index (χ1v) is 10.9. The summed E-state index contributed by atoms with van der Waals surface area (Å²) in [6.07, 6.45) is 0. The van der Waals surface area contributed by atoms with E-state index in [0.29, 0.717) is 38.2 Å². The molecule has 156 valence electrons. The summed E-state index contributed by atoms with van der Waals surface area (Å²) in [5.74, 6) is -0.236. The summed E-state index contributed by atoms with van der Waals surface area (Å²) in [6.45, 7) is 2.31. The third-order valence-corrected chi connectivity index (χ3v) is 6.83. The predicted molar refractivity (Wildman–Crippen MR) is 125 cm³/mol. The number of thiophene rings is 1. The Morgan fingerprint density at radius 2 is 1.87 bits per heavy atom. The Hall–Kier alpha value is -3.07. The van der Waals surface area contributed by atoms with E-state index in [9.17, 15) is 9.59 Å². The quantitative estimate of drug-likeness (QED) is 0.336. The Morgan fingerprint density at radius 3 is 2.65 bits per heavy atom. The predicted octanol–water partition coefficient (Wildman–Crippen LogP) is 5.18. The summed E-state index contributed by atoms with van der Waals surface area (Å²) in [4.78, 5) is 31.1. The number of fused-ring (bicyclic) bond motifs is 2. The number of halogens is 2. The molecular formula is C21H15Cl2N5O2S. The average molecular weight is 472 g/mol. The SMILES string of the molecule is Cc1nn(Cc2c(Cl)cccc2Cl)c2sc(C(=O)Nc3ccc4[nH]c(=O)[nH]c4c3)cc12. The monoisotopic (exact) mass is 471 g/mol. The summed E-state index contributed by atoms with van der Waals surface area (Å²) in [6, 6.07) is 12.4. The third-order valence-electron chi connectivity index (χ3n) is 4.97. The largest absolute Gasteiger partial charge is 0.323 e. The lowest BCUT2D eigenvalue weighted by Gasteiger charge is -2.07. The minimum absolute atomic E-state index is 0.236. The van der Waals surface area contributed by atoms with Gasteiger partial charge in [-0.05, 0) is 43.3 Å². The number of nitrogens with zero attached hydrogens (tertiary/aromatic N) is 2. The first kappa shape index (κ1) is 19.9. The van der Waals surface area contributed by atoms with Crippen molar-refractivity contribution in [2.45, 2.75) is 13.5 Å². The second-order valence-corrected chi connectivity index (χ2v) is 8.91. The van der Waals surface area contributed by atoms with Gasteiger partial charge in [-0.2, -0.15) is 5.10 Å². The van der Waals surface area contributed by atoms with Crippen LogP contribution in [0.2, 0.25) is 10.0 Å². The Balaban J connectivity index is 1.45. The molecule has 0 aliphatic heterocycles. The number of carbonyl (C=O) groups is 1. The van der Waals surface area contributed by atoms with Crippen molar-refractivity contribution in [3.05, 3.63) is 79.1 Å². The van der Waals surface area contributed by atoms with Crippen LogP contribution < -0.4 is 11.0 Å². The maximum atomic E-state index is 12.9. The lowest BCUT2D eigenvalue weighted by molar-refractivity contribution is 0.103. The molecule has 0 fully saturated rings. The molecule has 31 heavy (non-hydrogen) atoms. The van der Waals surface area contributed by atoms with Crippen LogP contribution >= 0.6 is 34.5 Å². The van der Waals surface area contributed by atoms with Gasteiger partial charge in [0.15, 0.2) is 0 Å². The lowest BCUT2D eigenvalue weighted by Crippen LogP contribution is -2.10. The Kier molecular flexibility index (Phi) is 4.85. The number of amides is 1. The third kappa shape index (κ3) is 3.63. The Labute approximate surface area is 189 Å². The number of aromatic nitrogens is 4. The van der Waals surface area contributed by atoms with Crippen molar-refractivity contribution < 1.29 is 4.79 Å². The normalized spacial score (nSPS) is 11.5. The van der Waals surface area contributed by atoms with Gasteiger partial charge in [-0.15, -0.1) is 11.3 Å². The van der Waals surface area contributed by atoms with Gasteiger partial charge in [0.2, 0.25) is 0 Å². The molecule has 1 amide bonds. The summed E-state index contributed by atoms with van der Waals surface area (Å²) < 4.78 is 1.82. The van der Waals surface area contributed by atoms with Crippen molar-refractivity contribution in [1.29, 1.82) is 0 Å². The van der Waals surface area contributed by atoms with Crippen molar-refractivity contribution in [2.24, 2.45) is 0 Å². The van der Waals surface area contributed by atoms with Crippen molar-refractivity contribution in [1.82, 2.24) is 19.7 Å². The van der Waals surface area contributed by atoms with Crippen LogP contribution in [0.25, 0.3) is 21.3 Å². The molecule has 0 saturated heterocycles. The number of aromatic amines is 2. The van der Waals surface area contributed by atoms with Crippen LogP contribution in [0, 0.1) is 6.92 Å². The van der Waals surface area contributed by atoms with Gasteiger partial charge >= 0.3 is 5.69 Å². The fraction of sp³-hybridized carbons (Fsp3) is 0.0952. The fourth-order valence-corrected chi connectivity index (χ4v) is 5.04. The van der Waals surface area contributed by atoms with Crippen LogP contribution in [0.5, 0.6) is 0 Å². The zero-order chi connectivity index (χ0) is 21.7. The molecule has 5 aromatic rings. The van der Waals surface area contributed by atoms with E-state index in [-0.39, 0.29) is 11.6 Å². The van der Waals surface area contributed by atoms with E-state index in [1.807, 2.05) is 17.7 Å². The fourth-order valence-electron chi connectivity index (χ4n) is 3.47. The zero-order valence-electron chi connectivity index (χ0n) is 16.1. The molecule has 10 heteroatoms. The molecule has 7 nitrogen and oxygen atoms in total.